The third-order valence-electron chi connectivity index (χ3n) is 7.19. The molecule has 1 amide bonds. The van der Waals surface area contributed by atoms with Crippen LogP contribution in [0.5, 0.6) is 11.5 Å². The van der Waals surface area contributed by atoms with Gasteiger partial charge in [0.2, 0.25) is 5.91 Å². The van der Waals surface area contributed by atoms with Crippen LogP contribution in [0.3, 0.4) is 0 Å². The number of aliphatic hydroxyl groups is 1. The molecule has 0 aromatic heterocycles. The molecular weight excluding hydrogens is 520 g/mol. The number of carbonyl (C=O) groups excluding carboxylic acids is 1. The van der Waals surface area contributed by atoms with Crippen LogP contribution in [0.4, 0.5) is 5.69 Å². The summed E-state index contributed by atoms with van der Waals surface area (Å²) in [4.78, 5) is 12.9. The highest BCUT2D eigenvalue weighted by Crippen LogP contribution is 2.47. The van der Waals surface area contributed by atoms with Crippen LogP contribution in [0.15, 0.2) is 77.7 Å². The molecule has 2 heterocycles. The molecule has 9 nitrogen and oxygen atoms in total. The molecule has 206 valence electrons. The number of benzene rings is 3. The van der Waals surface area contributed by atoms with E-state index >= 15 is 0 Å². The van der Waals surface area contributed by atoms with Gasteiger partial charge in [-0.1, -0.05) is 36.4 Å². The first kappa shape index (κ1) is 27.0. The van der Waals surface area contributed by atoms with Crippen LogP contribution in [0, 0.1) is 0 Å². The lowest BCUT2D eigenvalue weighted by atomic mass is 9.84. The predicted octanol–water partition coefficient (Wildman–Crippen LogP) is 3.76. The van der Waals surface area contributed by atoms with Crippen LogP contribution in [-0.2, 0) is 19.6 Å². The molecule has 2 aliphatic heterocycles. The molecule has 2 aliphatic rings. The summed E-state index contributed by atoms with van der Waals surface area (Å²) in [5.74, 6) is 0.731. The van der Waals surface area contributed by atoms with Gasteiger partial charge in [-0.15, -0.1) is 0 Å². The van der Waals surface area contributed by atoms with Gasteiger partial charge in [-0.25, -0.2) is 8.42 Å². The van der Waals surface area contributed by atoms with Crippen molar-refractivity contribution in [2.75, 3.05) is 18.4 Å². The molecule has 0 saturated carbocycles. The number of hydrogen-bond donors (Lipinski definition) is 3. The SMILES string of the molecule is COc1cccc(S(=O)(=O)Nc2ccc3c(c2)[C@H]2C[C@@H](CC(=O)N[C@@H](C)c4ccccc4)O[C@@H](CO)[C@H]2O3)c1. The molecule has 3 aromatic carbocycles. The molecule has 0 radical (unpaired) electrons. The predicted molar refractivity (Wildman–Crippen MR) is 145 cm³/mol. The van der Waals surface area contributed by atoms with E-state index in [2.05, 4.69) is 10.0 Å². The highest BCUT2D eigenvalue weighted by molar-refractivity contribution is 7.92. The van der Waals surface area contributed by atoms with Crippen molar-refractivity contribution in [1.29, 1.82) is 0 Å². The van der Waals surface area contributed by atoms with Crippen molar-refractivity contribution < 1.29 is 32.5 Å². The summed E-state index contributed by atoms with van der Waals surface area (Å²) in [5.41, 5.74) is 2.21. The Balaban J connectivity index is 1.31. The van der Waals surface area contributed by atoms with E-state index < -0.39 is 28.3 Å². The van der Waals surface area contributed by atoms with E-state index in [0.29, 0.717) is 23.6 Å². The summed E-state index contributed by atoms with van der Waals surface area (Å²) >= 11 is 0. The minimum absolute atomic E-state index is 0.0821. The Morgan fingerprint density at radius 2 is 1.90 bits per heavy atom. The first-order valence-corrected chi connectivity index (χ1v) is 14.3. The number of amides is 1. The summed E-state index contributed by atoms with van der Waals surface area (Å²) in [6, 6.07) is 20.9. The summed E-state index contributed by atoms with van der Waals surface area (Å²) in [6.45, 7) is 1.67. The number of carbonyl (C=O) groups is 1. The molecule has 39 heavy (non-hydrogen) atoms. The number of nitrogens with one attached hydrogen (secondary N) is 2. The number of ether oxygens (including phenoxy) is 3. The maximum atomic E-state index is 13.0. The van der Waals surface area contributed by atoms with E-state index in [9.17, 15) is 18.3 Å². The van der Waals surface area contributed by atoms with E-state index in [1.165, 1.54) is 19.2 Å². The second-order valence-electron chi connectivity index (χ2n) is 9.84. The first-order chi connectivity index (χ1) is 18.8. The number of fused-ring (bicyclic) bond motifs is 3. The fourth-order valence-corrected chi connectivity index (χ4v) is 6.35. The Hall–Kier alpha value is -3.60. The maximum Gasteiger partial charge on any atom is 0.262 e. The van der Waals surface area contributed by atoms with Crippen molar-refractivity contribution in [2.45, 2.75) is 54.9 Å². The highest BCUT2D eigenvalue weighted by atomic mass is 32.2. The average molecular weight is 553 g/mol. The molecule has 1 saturated heterocycles. The minimum Gasteiger partial charge on any atom is -0.497 e. The number of rotatable bonds is 9. The van der Waals surface area contributed by atoms with Crippen LogP contribution in [-0.4, -0.2) is 51.5 Å². The fourth-order valence-electron chi connectivity index (χ4n) is 5.27. The number of aliphatic hydroxyl groups excluding tert-OH is 1. The summed E-state index contributed by atoms with van der Waals surface area (Å²) in [7, 11) is -2.38. The van der Waals surface area contributed by atoms with Gasteiger partial charge < -0.3 is 24.6 Å². The Bertz CT molecular complexity index is 1430. The van der Waals surface area contributed by atoms with Gasteiger partial charge in [0.25, 0.3) is 10.0 Å². The Morgan fingerprint density at radius 3 is 2.64 bits per heavy atom. The Morgan fingerprint density at radius 1 is 1.10 bits per heavy atom. The smallest absolute Gasteiger partial charge is 0.262 e. The van der Waals surface area contributed by atoms with Gasteiger partial charge in [0, 0.05) is 23.2 Å². The van der Waals surface area contributed by atoms with Crippen molar-refractivity contribution in [3.05, 3.63) is 83.9 Å². The van der Waals surface area contributed by atoms with Gasteiger partial charge in [0.15, 0.2) is 0 Å². The van der Waals surface area contributed by atoms with Gasteiger partial charge in [0.05, 0.1) is 37.2 Å². The fraction of sp³-hybridized carbons (Fsp3) is 0.345. The molecule has 3 aromatic rings. The quantitative estimate of drug-likeness (QED) is 0.369. The van der Waals surface area contributed by atoms with Gasteiger partial charge >= 0.3 is 0 Å². The molecule has 0 aliphatic carbocycles. The average Bonchev–Trinajstić information content (AvgIpc) is 3.30. The van der Waals surface area contributed by atoms with Crippen molar-refractivity contribution >= 4 is 21.6 Å². The molecule has 1 fully saturated rings. The molecule has 0 bridgehead atoms. The van der Waals surface area contributed by atoms with Crippen LogP contribution < -0.4 is 19.5 Å². The topological polar surface area (TPSA) is 123 Å². The van der Waals surface area contributed by atoms with E-state index in [-0.39, 0.29) is 35.8 Å². The normalized spacial score (nSPS) is 22.6. The zero-order valence-corrected chi connectivity index (χ0v) is 22.6. The number of sulfonamides is 1. The number of hydrogen-bond acceptors (Lipinski definition) is 7. The zero-order valence-electron chi connectivity index (χ0n) is 21.7. The third-order valence-corrected chi connectivity index (χ3v) is 8.57. The largest absolute Gasteiger partial charge is 0.497 e. The van der Waals surface area contributed by atoms with Gasteiger partial charge in [-0.05, 0) is 49.2 Å². The van der Waals surface area contributed by atoms with Crippen molar-refractivity contribution in [3.63, 3.8) is 0 Å². The second-order valence-corrected chi connectivity index (χ2v) is 11.5. The Labute approximate surface area is 228 Å². The van der Waals surface area contributed by atoms with Gasteiger partial charge in [-0.3, -0.25) is 9.52 Å². The van der Waals surface area contributed by atoms with E-state index in [1.807, 2.05) is 37.3 Å². The van der Waals surface area contributed by atoms with Crippen LogP contribution in [0.2, 0.25) is 0 Å². The van der Waals surface area contributed by atoms with Crippen LogP contribution in [0.1, 0.15) is 42.9 Å². The van der Waals surface area contributed by atoms with E-state index in [0.717, 1.165) is 11.1 Å². The molecular formula is C29H32N2O7S. The lowest BCUT2D eigenvalue weighted by molar-refractivity contribution is -0.142. The molecule has 10 heteroatoms. The Kier molecular flexibility index (Phi) is 7.79. The highest BCUT2D eigenvalue weighted by Gasteiger charge is 2.46. The molecule has 5 atom stereocenters. The standard InChI is InChI=1S/C29H32N2O7S/c1-18(19-7-4-3-5-8-19)30-28(33)16-22-15-25-24-13-20(11-12-26(24)38-29(25)27(17-32)37-22)31-39(34,35)23-10-6-9-21(14-23)36-2/h3-14,18,22,25,27,29,31-32H,15-17H2,1-2H3,(H,30,33)/t18-,22-,25+,27-,29-/m0/s1. The summed E-state index contributed by atoms with van der Waals surface area (Å²) < 4.78 is 46.0. The molecule has 0 spiro atoms. The maximum absolute atomic E-state index is 13.0. The molecule has 0 unspecified atom stereocenters. The molecule has 5 rings (SSSR count). The van der Waals surface area contributed by atoms with Gasteiger partial charge in [0.1, 0.15) is 23.7 Å². The minimum atomic E-state index is -3.86. The molecule has 3 N–H and O–H groups in total. The lowest BCUT2D eigenvalue weighted by Crippen LogP contribution is -2.47. The zero-order chi connectivity index (χ0) is 27.6. The van der Waals surface area contributed by atoms with Crippen molar-refractivity contribution in [3.8, 4) is 11.5 Å². The number of anilines is 1. The monoisotopic (exact) mass is 552 g/mol. The van der Waals surface area contributed by atoms with E-state index in [4.69, 9.17) is 14.2 Å². The van der Waals surface area contributed by atoms with Gasteiger partial charge in [-0.2, -0.15) is 0 Å². The van der Waals surface area contributed by atoms with E-state index in [1.54, 1.807) is 30.3 Å². The number of methoxy groups -OCH3 is 1. The summed E-state index contributed by atoms with van der Waals surface area (Å²) in [6.07, 6.45) is -0.852. The first-order valence-electron chi connectivity index (χ1n) is 12.9. The van der Waals surface area contributed by atoms with Crippen molar-refractivity contribution in [2.24, 2.45) is 0 Å². The lowest BCUT2D eigenvalue weighted by Gasteiger charge is -2.37. The van der Waals surface area contributed by atoms with Crippen LogP contribution in [0.25, 0.3) is 0 Å². The summed E-state index contributed by atoms with van der Waals surface area (Å²) in [5, 5.41) is 13.0. The van der Waals surface area contributed by atoms with Crippen LogP contribution >= 0.6 is 0 Å². The second kappa shape index (κ2) is 11.3. The van der Waals surface area contributed by atoms with Crippen molar-refractivity contribution in [1.82, 2.24) is 5.32 Å². The third kappa shape index (κ3) is 5.88.